The normalized spacial score (nSPS) is 12.5. The zero-order valence-electron chi connectivity index (χ0n) is 11.7. The first-order valence-corrected chi connectivity index (χ1v) is 7.45. The van der Waals surface area contributed by atoms with Crippen LogP contribution in [0, 0.1) is 12.8 Å². The highest BCUT2D eigenvalue weighted by Gasteiger charge is 2.16. The summed E-state index contributed by atoms with van der Waals surface area (Å²) in [6.45, 7) is 6.59. The van der Waals surface area contributed by atoms with E-state index in [4.69, 9.17) is 0 Å². The first-order valence-electron chi connectivity index (χ1n) is 6.65. The van der Waals surface area contributed by atoms with Gasteiger partial charge in [0.25, 0.3) is 0 Å². The van der Waals surface area contributed by atoms with E-state index < -0.39 is 0 Å². The molecule has 100 valence electrons. The molecule has 19 heavy (non-hydrogen) atoms. The number of benzene rings is 2. The molecule has 1 nitrogen and oxygen atoms in total. The molecular weight excluding hydrogens is 298 g/mol. The third-order valence-corrected chi connectivity index (χ3v) is 3.92. The lowest BCUT2D eigenvalue weighted by atomic mass is 9.96. The second-order valence-electron chi connectivity index (χ2n) is 5.26. The fraction of sp³-hybridized carbons (Fsp3) is 0.294. The minimum atomic E-state index is 0.320. The SMILES string of the molecule is Cc1ccc(NC(c2ccccc2)C(C)C)c(Br)c1. The van der Waals surface area contributed by atoms with E-state index in [1.807, 2.05) is 0 Å². The van der Waals surface area contributed by atoms with Gasteiger partial charge in [-0.25, -0.2) is 0 Å². The van der Waals surface area contributed by atoms with Crippen LogP contribution < -0.4 is 5.32 Å². The number of hydrogen-bond donors (Lipinski definition) is 1. The van der Waals surface area contributed by atoms with Crippen LogP contribution in [0.3, 0.4) is 0 Å². The van der Waals surface area contributed by atoms with Crippen molar-refractivity contribution in [2.24, 2.45) is 5.92 Å². The first-order chi connectivity index (χ1) is 9.08. The Balaban J connectivity index is 2.27. The molecule has 0 aliphatic rings. The van der Waals surface area contributed by atoms with Gasteiger partial charge >= 0.3 is 0 Å². The van der Waals surface area contributed by atoms with Crippen molar-refractivity contribution in [1.82, 2.24) is 0 Å². The Hall–Kier alpha value is -1.28. The molecule has 0 radical (unpaired) electrons. The highest BCUT2D eigenvalue weighted by atomic mass is 79.9. The number of nitrogens with one attached hydrogen (secondary N) is 1. The highest BCUT2D eigenvalue weighted by molar-refractivity contribution is 9.10. The van der Waals surface area contributed by atoms with Crippen molar-refractivity contribution in [3.05, 3.63) is 64.1 Å². The zero-order chi connectivity index (χ0) is 13.8. The van der Waals surface area contributed by atoms with Crippen LogP contribution >= 0.6 is 15.9 Å². The molecule has 2 aromatic carbocycles. The van der Waals surface area contributed by atoms with Crippen LogP contribution in [-0.4, -0.2) is 0 Å². The summed E-state index contributed by atoms with van der Waals surface area (Å²) in [5, 5.41) is 3.64. The Morgan fingerprint density at radius 1 is 1.00 bits per heavy atom. The van der Waals surface area contributed by atoms with Crippen LogP contribution in [0.5, 0.6) is 0 Å². The van der Waals surface area contributed by atoms with Gasteiger partial charge < -0.3 is 5.32 Å². The molecule has 0 bridgehead atoms. The average Bonchev–Trinajstić information content (AvgIpc) is 2.38. The quantitative estimate of drug-likeness (QED) is 0.777. The van der Waals surface area contributed by atoms with Gasteiger partial charge in [-0.3, -0.25) is 0 Å². The van der Waals surface area contributed by atoms with Crippen LogP contribution in [0.2, 0.25) is 0 Å². The second kappa shape index (κ2) is 6.25. The summed E-state index contributed by atoms with van der Waals surface area (Å²) in [6.07, 6.45) is 0. The van der Waals surface area contributed by atoms with Crippen molar-refractivity contribution < 1.29 is 0 Å². The van der Waals surface area contributed by atoms with E-state index in [0.29, 0.717) is 12.0 Å². The molecule has 2 heteroatoms. The fourth-order valence-electron chi connectivity index (χ4n) is 2.20. The number of hydrogen-bond acceptors (Lipinski definition) is 1. The topological polar surface area (TPSA) is 12.0 Å². The van der Waals surface area contributed by atoms with Gasteiger partial charge in [0.05, 0.1) is 6.04 Å². The summed E-state index contributed by atoms with van der Waals surface area (Å²) < 4.78 is 1.12. The number of anilines is 1. The molecule has 1 unspecified atom stereocenters. The predicted octanol–water partition coefficient (Wildman–Crippen LogP) is 5.57. The van der Waals surface area contributed by atoms with Crippen molar-refractivity contribution in [3.63, 3.8) is 0 Å². The van der Waals surface area contributed by atoms with Crippen LogP contribution in [0.1, 0.15) is 31.0 Å². The molecule has 0 saturated heterocycles. The van der Waals surface area contributed by atoms with Gasteiger partial charge in [0, 0.05) is 10.2 Å². The Morgan fingerprint density at radius 2 is 1.68 bits per heavy atom. The van der Waals surface area contributed by atoms with Gasteiger partial charge in [-0.1, -0.05) is 50.2 Å². The molecule has 0 spiro atoms. The third kappa shape index (κ3) is 3.60. The molecule has 0 aromatic heterocycles. The molecule has 1 N–H and O–H groups in total. The van der Waals surface area contributed by atoms with E-state index in [2.05, 4.69) is 90.5 Å². The average molecular weight is 318 g/mol. The summed E-state index contributed by atoms with van der Waals surface area (Å²) in [6, 6.07) is 17.3. The van der Waals surface area contributed by atoms with Crippen LogP contribution in [0.4, 0.5) is 5.69 Å². The van der Waals surface area contributed by atoms with Crippen molar-refractivity contribution in [3.8, 4) is 0 Å². The summed E-state index contributed by atoms with van der Waals surface area (Å²) >= 11 is 3.63. The molecule has 0 amide bonds. The first kappa shape index (κ1) is 14.1. The van der Waals surface area contributed by atoms with Crippen LogP contribution in [0.15, 0.2) is 53.0 Å². The zero-order valence-corrected chi connectivity index (χ0v) is 13.2. The monoisotopic (exact) mass is 317 g/mol. The summed E-state index contributed by atoms with van der Waals surface area (Å²) in [5.74, 6) is 0.524. The minimum absolute atomic E-state index is 0.320. The molecule has 2 rings (SSSR count). The van der Waals surface area contributed by atoms with Crippen molar-refractivity contribution in [1.29, 1.82) is 0 Å². The van der Waals surface area contributed by atoms with Crippen LogP contribution in [-0.2, 0) is 0 Å². The van der Waals surface area contributed by atoms with E-state index in [0.717, 1.165) is 10.2 Å². The minimum Gasteiger partial charge on any atom is -0.377 e. The number of halogens is 1. The van der Waals surface area contributed by atoms with E-state index in [1.165, 1.54) is 11.1 Å². The maximum atomic E-state index is 3.64. The molecule has 0 fully saturated rings. The van der Waals surface area contributed by atoms with E-state index >= 15 is 0 Å². The Morgan fingerprint density at radius 3 is 2.26 bits per heavy atom. The lowest BCUT2D eigenvalue weighted by Crippen LogP contribution is -2.17. The van der Waals surface area contributed by atoms with Gasteiger partial charge in [0.1, 0.15) is 0 Å². The van der Waals surface area contributed by atoms with Crippen molar-refractivity contribution in [2.75, 3.05) is 5.32 Å². The summed E-state index contributed by atoms with van der Waals surface area (Å²) in [4.78, 5) is 0. The highest BCUT2D eigenvalue weighted by Crippen LogP contribution is 2.31. The Bertz CT molecular complexity index is 534. The van der Waals surface area contributed by atoms with Gasteiger partial charge in [-0.05, 0) is 52.0 Å². The maximum Gasteiger partial charge on any atom is 0.0537 e. The fourth-order valence-corrected chi connectivity index (χ4v) is 2.81. The van der Waals surface area contributed by atoms with Gasteiger partial charge in [-0.15, -0.1) is 0 Å². The largest absolute Gasteiger partial charge is 0.377 e. The maximum absolute atomic E-state index is 3.64. The molecule has 0 saturated carbocycles. The van der Waals surface area contributed by atoms with Gasteiger partial charge in [0.2, 0.25) is 0 Å². The smallest absolute Gasteiger partial charge is 0.0537 e. The van der Waals surface area contributed by atoms with Gasteiger partial charge in [-0.2, -0.15) is 0 Å². The second-order valence-corrected chi connectivity index (χ2v) is 6.11. The van der Waals surface area contributed by atoms with E-state index in [9.17, 15) is 0 Å². The predicted molar refractivity (Wildman–Crippen MR) is 86.5 cm³/mol. The van der Waals surface area contributed by atoms with E-state index in [1.54, 1.807) is 0 Å². The number of rotatable bonds is 4. The molecule has 0 heterocycles. The van der Waals surface area contributed by atoms with Crippen LogP contribution in [0.25, 0.3) is 0 Å². The number of aryl methyl sites for hydroxylation is 1. The van der Waals surface area contributed by atoms with Gasteiger partial charge in [0.15, 0.2) is 0 Å². The standard InChI is InChI=1S/C17H20BrN/c1-12(2)17(14-7-5-4-6-8-14)19-16-10-9-13(3)11-15(16)18/h4-12,17,19H,1-3H3. The molecule has 0 aliphatic heterocycles. The summed E-state index contributed by atoms with van der Waals surface area (Å²) in [7, 11) is 0. The molecular formula is C17H20BrN. The Labute approximate surface area is 124 Å². The Kier molecular flexibility index (Phi) is 4.65. The van der Waals surface area contributed by atoms with Crippen molar-refractivity contribution >= 4 is 21.6 Å². The lowest BCUT2D eigenvalue weighted by molar-refractivity contribution is 0.546. The summed E-state index contributed by atoms with van der Waals surface area (Å²) in [5.41, 5.74) is 3.73. The molecule has 1 atom stereocenters. The molecule has 2 aromatic rings. The third-order valence-electron chi connectivity index (χ3n) is 3.26. The lowest BCUT2D eigenvalue weighted by Gasteiger charge is -2.25. The van der Waals surface area contributed by atoms with Crippen molar-refractivity contribution in [2.45, 2.75) is 26.8 Å². The van der Waals surface area contributed by atoms with E-state index in [-0.39, 0.29) is 0 Å². The molecule has 0 aliphatic carbocycles.